The van der Waals surface area contributed by atoms with Gasteiger partial charge in [0.05, 0.1) is 6.61 Å². The van der Waals surface area contributed by atoms with Crippen LogP contribution in [-0.2, 0) is 9.22 Å². The molecular weight excluding hydrogens is 382 g/mol. The van der Waals surface area contributed by atoms with E-state index < -0.39 is 8.32 Å². The highest BCUT2D eigenvalue weighted by atomic mass is 28.4. The van der Waals surface area contributed by atoms with Gasteiger partial charge in [-0.25, -0.2) is 0 Å². The lowest BCUT2D eigenvalue weighted by molar-refractivity contribution is -0.117. The van der Waals surface area contributed by atoms with Gasteiger partial charge in [-0.15, -0.1) is 0 Å². The summed E-state index contributed by atoms with van der Waals surface area (Å²) in [6.45, 7) is 17.6. The maximum absolute atomic E-state index is 12.6. The Balaban J connectivity index is 2.09. The third-order valence-electron chi connectivity index (χ3n) is 6.64. The lowest BCUT2D eigenvalue weighted by Crippen LogP contribution is -2.48. The van der Waals surface area contributed by atoms with Crippen LogP contribution in [0.25, 0.3) is 0 Å². The average Bonchev–Trinajstić information content (AvgIpc) is 2.62. The Kier molecular flexibility index (Phi) is 6.97. The fourth-order valence-corrected chi connectivity index (χ4v) is 4.51. The van der Waals surface area contributed by atoms with Gasteiger partial charge in [-0.05, 0) is 54.7 Å². The molecule has 29 heavy (non-hydrogen) atoms. The molecule has 1 aliphatic heterocycles. The standard InChI is InChI=1S/C22H37N3O3Si/c1-14-15(2)25(16(3)26)19-10-9-17(13-18(19)20(14)23)21(27)24-11-12-28-29(7,8)22(4,5)6/h9-10,13-15,20H,11-12,23H2,1-8H3,(H,24,27). The monoisotopic (exact) mass is 419 g/mol. The molecule has 3 atom stereocenters. The summed E-state index contributed by atoms with van der Waals surface area (Å²) in [5.41, 5.74) is 8.63. The van der Waals surface area contributed by atoms with E-state index in [2.05, 4.69) is 39.2 Å². The highest BCUT2D eigenvalue weighted by Gasteiger charge is 2.37. The number of benzene rings is 1. The minimum absolute atomic E-state index is 0.0159. The number of amides is 2. The van der Waals surface area contributed by atoms with Gasteiger partial charge < -0.3 is 20.4 Å². The molecule has 162 valence electrons. The molecule has 1 heterocycles. The number of nitrogens with two attached hydrogens (primary N) is 1. The van der Waals surface area contributed by atoms with Crippen molar-refractivity contribution in [3.8, 4) is 0 Å². The summed E-state index contributed by atoms with van der Waals surface area (Å²) in [6, 6.07) is 5.21. The van der Waals surface area contributed by atoms with Gasteiger partial charge in [-0.2, -0.15) is 0 Å². The van der Waals surface area contributed by atoms with Crippen LogP contribution in [0.15, 0.2) is 18.2 Å². The zero-order valence-electron chi connectivity index (χ0n) is 19.1. The fourth-order valence-electron chi connectivity index (χ4n) is 3.47. The number of anilines is 1. The Hall–Kier alpha value is -1.70. The average molecular weight is 420 g/mol. The van der Waals surface area contributed by atoms with E-state index in [0.717, 1.165) is 11.3 Å². The van der Waals surface area contributed by atoms with Gasteiger partial charge in [0.1, 0.15) is 0 Å². The molecule has 0 fully saturated rings. The van der Waals surface area contributed by atoms with Gasteiger partial charge in [0, 0.05) is 36.8 Å². The minimum atomic E-state index is -1.82. The number of carbonyl (C=O) groups is 2. The van der Waals surface area contributed by atoms with Crippen LogP contribution in [0.5, 0.6) is 0 Å². The zero-order chi connectivity index (χ0) is 22.1. The smallest absolute Gasteiger partial charge is 0.251 e. The number of hydrogen-bond donors (Lipinski definition) is 2. The van der Waals surface area contributed by atoms with Crippen LogP contribution >= 0.6 is 0 Å². The number of fused-ring (bicyclic) bond motifs is 1. The van der Waals surface area contributed by atoms with Crippen molar-refractivity contribution in [2.45, 2.75) is 71.8 Å². The van der Waals surface area contributed by atoms with Crippen molar-refractivity contribution >= 4 is 25.8 Å². The van der Waals surface area contributed by atoms with Crippen molar-refractivity contribution in [3.63, 3.8) is 0 Å². The molecule has 3 unspecified atom stereocenters. The SMILES string of the molecule is CC(=O)N1c2ccc(C(=O)NCCO[Si](C)(C)C(C)(C)C)cc2C(N)C(C)C1C. The minimum Gasteiger partial charge on any atom is -0.415 e. The topological polar surface area (TPSA) is 84.7 Å². The van der Waals surface area contributed by atoms with Gasteiger partial charge in [0.2, 0.25) is 5.91 Å². The number of nitrogens with one attached hydrogen (secondary N) is 1. The second-order valence-corrected chi connectivity index (χ2v) is 14.5. The Morgan fingerprint density at radius 2 is 1.86 bits per heavy atom. The zero-order valence-corrected chi connectivity index (χ0v) is 20.1. The van der Waals surface area contributed by atoms with Crippen LogP contribution in [0.2, 0.25) is 18.1 Å². The molecule has 0 spiro atoms. The summed E-state index contributed by atoms with van der Waals surface area (Å²) >= 11 is 0. The van der Waals surface area contributed by atoms with Gasteiger partial charge in [0.15, 0.2) is 8.32 Å². The summed E-state index contributed by atoms with van der Waals surface area (Å²) in [5, 5.41) is 3.08. The van der Waals surface area contributed by atoms with Crippen LogP contribution < -0.4 is 16.0 Å². The Morgan fingerprint density at radius 1 is 1.24 bits per heavy atom. The molecule has 0 aliphatic carbocycles. The van der Waals surface area contributed by atoms with Crippen molar-refractivity contribution < 1.29 is 14.0 Å². The molecule has 0 radical (unpaired) electrons. The van der Waals surface area contributed by atoms with Gasteiger partial charge in [-0.3, -0.25) is 9.59 Å². The normalized spacial score (nSPS) is 22.2. The quantitative estimate of drug-likeness (QED) is 0.561. The molecular formula is C22H37N3O3Si. The van der Waals surface area contributed by atoms with E-state index >= 15 is 0 Å². The summed E-state index contributed by atoms with van der Waals surface area (Å²) in [7, 11) is -1.82. The highest BCUT2D eigenvalue weighted by molar-refractivity contribution is 6.74. The summed E-state index contributed by atoms with van der Waals surface area (Å²) in [5.74, 6) is -0.0698. The molecule has 1 aromatic carbocycles. The molecule has 6 nitrogen and oxygen atoms in total. The Labute approximate surface area is 176 Å². The summed E-state index contributed by atoms with van der Waals surface area (Å²) in [6.07, 6.45) is 0. The maximum Gasteiger partial charge on any atom is 0.251 e. The number of rotatable bonds is 5. The number of hydrogen-bond acceptors (Lipinski definition) is 4. The van der Waals surface area contributed by atoms with E-state index in [0.29, 0.717) is 18.7 Å². The maximum atomic E-state index is 12.6. The van der Waals surface area contributed by atoms with E-state index in [1.54, 1.807) is 17.9 Å². The van der Waals surface area contributed by atoms with Gasteiger partial charge in [0.25, 0.3) is 5.91 Å². The summed E-state index contributed by atoms with van der Waals surface area (Å²) in [4.78, 5) is 26.6. The van der Waals surface area contributed by atoms with E-state index in [1.807, 2.05) is 26.0 Å². The first-order valence-corrected chi connectivity index (χ1v) is 13.3. The first kappa shape index (κ1) is 23.6. The second kappa shape index (κ2) is 8.58. The fraction of sp³-hybridized carbons (Fsp3) is 0.636. The second-order valence-electron chi connectivity index (χ2n) is 9.65. The predicted octanol–water partition coefficient (Wildman–Crippen LogP) is 3.83. The Bertz CT molecular complexity index is 773. The summed E-state index contributed by atoms with van der Waals surface area (Å²) < 4.78 is 6.11. The first-order valence-electron chi connectivity index (χ1n) is 10.4. The molecule has 2 rings (SSSR count). The third kappa shape index (κ3) is 4.90. The van der Waals surface area contributed by atoms with Crippen molar-refractivity contribution in [1.29, 1.82) is 0 Å². The lowest BCUT2D eigenvalue weighted by atomic mass is 9.83. The van der Waals surface area contributed by atoms with E-state index in [9.17, 15) is 9.59 Å². The molecule has 3 N–H and O–H groups in total. The highest BCUT2D eigenvalue weighted by Crippen LogP contribution is 2.40. The van der Waals surface area contributed by atoms with Crippen molar-refractivity contribution in [2.75, 3.05) is 18.1 Å². The largest absolute Gasteiger partial charge is 0.415 e. The van der Waals surface area contributed by atoms with Crippen LogP contribution in [0.4, 0.5) is 5.69 Å². The molecule has 1 aromatic rings. The Morgan fingerprint density at radius 3 is 2.41 bits per heavy atom. The molecule has 0 aromatic heterocycles. The lowest BCUT2D eigenvalue weighted by Gasteiger charge is -2.42. The molecule has 7 heteroatoms. The van der Waals surface area contributed by atoms with Crippen LogP contribution in [0, 0.1) is 5.92 Å². The van der Waals surface area contributed by atoms with Crippen LogP contribution in [-0.4, -0.2) is 39.3 Å². The third-order valence-corrected chi connectivity index (χ3v) is 11.2. The van der Waals surface area contributed by atoms with Gasteiger partial charge in [-0.1, -0.05) is 27.7 Å². The predicted molar refractivity (Wildman–Crippen MR) is 121 cm³/mol. The van der Waals surface area contributed by atoms with E-state index in [4.69, 9.17) is 10.2 Å². The molecule has 2 amide bonds. The molecule has 0 saturated carbocycles. The first-order chi connectivity index (χ1) is 13.3. The van der Waals surface area contributed by atoms with Crippen molar-refractivity contribution in [2.24, 2.45) is 11.7 Å². The van der Waals surface area contributed by atoms with Gasteiger partial charge >= 0.3 is 0 Å². The molecule has 0 bridgehead atoms. The van der Waals surface area contributed by atoms with Crippen LogP contribution in [0.1, 0.15) is 63.5 Å². The molecule has 1 aliphatic rings. The number of nitrogens with zero attached hydrogens (tertiary/aromatic N) is 1. The molecule has 0 saturated heterocycles. The number of carbonyl (C=O) groups excluding carboxylic acids is 2. The van der Waals surface area contributed by atoms with E-state index in [-0.39, 0.29) is 34.9 Å². The van der Waals surface area contributed by atoms with E-state index in [1.165, 1.54) is 0 Å². The van der Waals surface area contributed by atoms with Crippen LogP contribution in [0.3, 0.4) is 0 Å². The van der Waals surface area contributed by atoms with Crippen molar-refractivity contribution in [1.82, 2.24) is 5.32 Å². The van der Waals surface area contributed by atoms with Crippen molar-refractivity contribution in [3.05, 3.63) is 29.3 Å².